The van der Waals surface area contributed by atoms with E-state index in [2.05, 4.69) is 5.32 Å². The van der Waals surface area contributed by atoms with E-state index in [1.807, 2.05) is 73.7 Å². The van der Waals surface area contributed by atoms with Crippen LogP contribution in [0.1, 0.15) is 30.5 Å². The standard InChI is InChI=1S/C34H34FNO5/c1-22-31(38)32(39)33(41-34(22,26-11-5-3-6-12-26)27-13-7-4-8-14-27)40-29-17-16-24(18-19-36-23(2)37)30(21-29)25-10-9-15-28(35)20-25/h3-17,20-22,31-33,38-39H,18-19H2,1-2H3,(H,36,37)/t22-,31-,32-,33+/m1/s1. The Bertz CT molecular complexity index is 1440. The van der Waals surface area contributed by atoms with Crippen LogP contribution >= 0.6 is 0 Å². The van der Waals surface area contributed by atoms with Gasteiger partial charge in [-0.25, -0.2) is 4.39 Å². The monoisotopic (exact) mass is 555 g/mol. The lowest BCUT2D eigenvalue weighted by atomic mass is 9.71. The maximum absolute atomic E-state index is 14.2. The predicted octanol–water partition coefficient (Wildman–Crippen LogP) is 5.21. The second-order valence-corrected chi connectivity index (χ2v) is 10.4. The van der Waals surface area contributed by atoms with Gasteiger partial charge >= 0.3 is 0 Å². The molecule has 212 valence electrons. The summed E-state index contributed by atoms with van der Waals surface area (Å²) < 4.78 is 27.2. The number of rotatable bonds is 8. The SMILES string of the molecule is CC(=O)NCCc1ccc(O[C@H]2OC(c3ccccc3)(c3ccccc3)[C@H](C)[C@@H](O)[C@H]2O)cc1-c1cccc(F)c1. The third-order valence-corrected chi connectivity index (χ3v) is 7.73. The van der Waals surface area contributed by atoms with Crippen molar-refractivity contribution >= 4 is 5.91 Å². The molecule has 1 aliphatic rings. The largest absolute Gasteiger partial charge is 0.462 e. The lowest BCUT2D eigenvalue weighted by Gasteiger charge is -2.50. The van der Waals surface area contributed by atoms with E-state index in [0.29, 0.717) is 24.3 Å². The molecule has 0 aromatic heterocycles. The van der Waals surface area contributed by atoms with Crippen LogP contribution < -0.4 is 10.1 Å². The van der Waals surface area contributed by atoms with Crippen LogP contribution in [0.15, 0.2) is 103 Å². The molecule has 6 nitrogen and oxygen atoms in total. The summed E-state index contributed by atoms with van der Waals surface area (Å²) in [5, 5.41) is 25.3. The van der Waals surface area contributed by atoms with Crippen LogP contribution in [0, 0.1) is 11.7 Å². The highest BCUT2D eigenvalue weighted by atomic mass is 19.1. The normalized spacial score (nSPS) is 21.7. The van der Waals surface area contributed by atoms with E-state index in [1.54, 1.807) is 24.3 Å². The molecule has 0 spiro atoms. The van der Waals surface area contributed by atoms with Gasteiger partial charge in [0.2, 0.25) is 12.2 Å². The van der Waals surface area contributed by atoms with Crippen LogP contribution in [-0.4, -0.2) is 41.2 Å². The summed E-state index contributed by atoms with van der Waals surface area (Å²) in [7, 11) is 0. The number of ether oxygens (including phenoxy) is 2. The van der Waals surface area contributed by atoms with Crippen LogP contribution in [0.5, 0.6) is 5.75 Å². The van der Waals surface area contributed by atoms with Crippen LogP contribution in [0.4, 0.5) is 4.39 Å². The summed E-state index contributed by atoms with van der Waals surface area (Å²) in [4.78, 5) is 11.4. The minimum Gasteiger partial charge on any atom is -0.462 e. The zero-order valence-corrected chi connectivity index (χ0v) is 23.0. The van der Waals surface area contributed by atoms with Gasteiger partial charge in [-0.05, 0) is 58.5 Å². The molecule has 1 aliphatic heterocycles. The van der Waals surface area contributed by atoms with Crippen molar-refractivity contribution in [2.24, 2.45) is 5.92 Å². The van der Waals surface area contributed by atoms with Crippen molar-refractivity contribution in [2.75, 3.05) is 6.54 Å². The molecule has 1 saturated heterocycles. The molecule has 0 radical (unpaired) electrons. The first-order chi connectivity index (χ1) is 19.8. The molecule has 5 rings (SSSR count). The van der Waals surface area contributed by atoms with E-state index in [9.17, 15) is 19.4 Å². The molecule has 0 saturated carbocycles. The van der Waals surface area contributed by atoms with Crippen molar-refractivity contribution < 1.29 is 28.9 Å². The van der Waals surface area contributed by atoms with Gasteiger partial charge in [0.05, 0.1) is 6.10 Å². The Morgan fingerprint density at radius 1 is 0.902 bits per heavy atom. The molecular weight excluding hydrogens is 521 g/mol. The Labute approximate surface area is 239 Å². The number of amides is 1. The number of nitrogens with one attached hydrogen (secondary N) is 1. The van der Waals surface area contributed by atoms with E-state index >= 15 is 0 Å². The first kappa shape index (κ1) is 28.5. The predicted molar refractivity (Wildman–Crippen MR) is 155 cm³/mol. The molecule has 1 amide bonds. The van der Waals surface area contributed by atoms with E-state index in [1.165, 1.54) is 19.1 Å². The van der Waals surface area contributed by atoms with Gasteiger partial charge in [0.1, 0.15) is 23.3 Å². The molecule has 0 aliphatic carbocycles. The minimum atomic E-state index is -1.33. The number of hydrogen-bond acceptors (Lipinski definition) is 5. The maximum atomic E-state index is 14.2. The molecule has 0 bridgehead atoms. The number of hydrogen-bond donors (Lipinski definition) is 3. The Hall–Kier alpha value is -4.04. The van der Waals surface area contributed by atoms with Crippen molar-refractivity contribution in [3.8, 4) is 16.9 Å². The molecule has 7 heteroatoms. The molecule has 4 aromatic carbocycles. The summed E-state index contributed by atoms with van der Waals surface area (Å²) in [6.07, 6.45) is -3.18. The van der Waals surface area contributed by atoms with Gasteiger partial charge in [-0.3, -0.25) is 4.79 Å². The van der Waals surface area contributed by atoms with Gasteiger partial charge in [0, 0.05) is 19.4 Å². The van der Waals surface area contributed by atoms with Crippen molar-refractivity contribution in [1.29, 1.82) is 0 Å². The second-order valence-electron chi connectivity index (χ2n) is 10.4. The topological polar surface area (TPSA) is 88.0 Å². The van der Waals surface area contributed by atoms with Crippen molar-refractivity contribution in [3.63, 3.8) is 0 Å². The number of benzene rings is 4. The van der Waals surface area contributed by atoms with Gasteiger partial charge in [-0.2, -0.15) is 0 Å². The average Bonchev–Trinajstić information content (AvgIpc) is 2.99. The van der Waals surface area contributed by atoms with Gasteiger partial charge < -0.3 is 25.0 Å². The Balaban J connectivity index is 1.53. The van der Waals surface area contributed by atoms with Crippen LogP contribution in [0.3, 0.4) is 0 Å². The van der Waals surface area contributed by atoms with E-state index in [-0.39, 0.29) is 11.7 Å². The fraction of sp³-hybridized carbons (Fsp3) is 0.265. The molecular formula is C34H34FNO5. The molecule has 3 N–H and O–H groups in total. The molecule has 4 aromatic rings. The maximum Gasteiger partial charge on any atom is 0.229 e. The summed E-state index contributed by atoms with van der Waals surface area (Å²) in [5.41, 5.74) is 2.81. The van der Waals surface area contributed by atoms with Crippen LogP contribution in [0.2, 0.25) is 0 Å². The highest BCUT2D eigenvalue weighted by Gasteiger charge is 2.54. The zero-order valence-electron chi connectivity index (χ0n) is 23.0. The highest BCUT2D eigenvalue weighted by molar-refractivity contribution is 5.73. The lowest BCUT2D eigenvalue weighted by Crippen LogP contribution is -2.60. The average molecular weight is 556 g/mol. The van der Waals surface area contributed by atoms with Crippen LogP contribution in [-0.2, 0) is 21.6 Å². The molecule has 41 heavy (non-hydrogen) atoms. The fourth-order valence-corrected chi connectivity index (χ4v) is 5.63. The second kappa shape index (κ2) is 12.2. The van der Waals surface area contributed by atoms with Crippen molar-refractivity contribution in [2.45, 2.75) is 44.4 Å². The molecule has 0 unspecified atom stereocenters. The third-order valence-electron chi connectivity index (χ3n) is 7.73. The Morgan fingerprint density at radius 2 is 1.56 bits per heavy atom. The number of aliphatic hydroxyl groups excluding tert-OH is 2. The highest BCUT2D eigenvalue weighted by Crippen LogP contribution is 2.47. The Morgan fingerprint density at radius 3 is 2.17 bits per heavy atom. The summed E-state index contributed by atoms with van der Waals surface area (Å²) in [6, 6.07) is 30.9. The quantitative estimate of drug-likeness (QED) is 0.278. The van der Waals surface area contributed by atoms with Gasteiger partial charge in [0.15, 0.2) is 0 Å². The third kappa shape index (κ3) is 5.88. The number of halogens is 1. The Kier molecular flexibility index (Phi) is 8.49. The molecule has 1 heterocycles. The van der Waals surface area contributed by atoms with Crippen molar-refractivity contribution in [1.82, 2.24) is 5.32 Å². The summed E-state index contributed by atoms with van der Waals surface area (Å²) in [6.45, 7) is 3.74. The number of carbonyl (C=O) groups excluding carboxylic acids is 1. The molecule has 1 fully saturated rings. The fourth-order valence-electron chi connectivity index (χ4n) is 5.63. The van der Waals surface area contributed by atoms with Crippen LogP contribution in [0.25, 0.3) is 11.1 Å². The van der Waals surface area contributed by atoms with Gasteiger partial charge in [0.25, 0.3) is 0 Å². The smallest absolute Gasteiger partial charge is 0.229 e. The minimum absolute atomic E-state index is 0.131. The lowest BCUT2D eigenvalue weighted by molar-refractivity contribution is -0.287. The number of aliphatic hydroxyl groups is 2. The first-order valence-corrected chi connectivity index (χ1v) is 13.7. The first-order valence-electron chi connectivity index (χ1n) is 13.7. The van der Waals surface area contributed by atoms with Gasteiger partial charge in [-0.1, -0.05) is 85.8 Å². The van der Waals surface area contributed by atoms with E-state index in [0.717, 1.165) is 22.3 Å². The van der Waals surface area contributed by atoms with E-state index in [4.69, 9.17) is 9.47 Å². The van der Waals surface area contributed by atoms with Crippen molar-refractivity contribution in [3.05, 3.63) is 126 Å². The summed E-state index contributed by atoms with van der Waals surface area (Å²) in [5.74, 6) is -0.636. The van der Waals surface area contributed by atoms with E-state index < -0.39 is 30.0 Å². The molecule has 4 atom stereocenters. The van der Waals surface area contributed by atoms with Gasteiger partial charge in [-0.15, -0.1) is 0 Å². The number of carbonyl (C=O) groups is 1. The summed E-state index contributed by atoms with van der Waals surface area (Å²) >= 11 is 0. The zero-order chi connectivity index (χ0) is 29.0.